The molecular weight excluding hydrogens is 142 g/mol. The normalized spacial score (nSPS) is 11.0. The Labute approximate surface area is 67.5 Å². The summed E-state index contributed by atoms with van der Waals surface area (Å²) in [6.07, 6.45) is 2.70. The van der Waals surface area contributed by atoms with E-state index in [1.807, 2.05) is 0 Å². The largest absolute Gasteiger partial charge is 0.516 e. The third kappa shape index (κ3) is 9.42. The molecule has 0 heterocycles. The van der Waals surface area contributed by atoms with Crippen LogP contribution < -0.4 is 16.4 Å². The Morgan fingerprint density at radius 3 is 2.55 bits per heavy atom. The minimum absolute atomic E-state index is 0.677. The van der Waals surface area contributed by atoms with Crippen molar-refractivity contribution in [2.45, 2.75) is 0 Å². The first-order chi connectivity index (χ1) is 5.41. The van der Waals surface area contributed by atoms with Crippen molar-refractivity contribution in [1.29, 1.82) is 0 Å². The van der Waals surface area contributed by atoms with E-state index in [9.17, 15) is 0 Å². The highest BCUT2D eigenvalue weighted by Crippen LogP contribution is 1.63. The molecule has 0 spiro atoms. The smallest absolute Gasteiger partial charge is 0.0764 e. The van der Waals surface area contributed by atoms with Crippen LogP contribution in [0, 0.1) is 0 Å². The van der Waals surface area contributed by atoms with Crippen LogP contribution in [0.5, 0.6) is 0 Å². The molecule has 11 heavy (non-hydrogen) atoms. The minimum atomic E-state index is 0.677. The van der Waals surface area contributed by atoms with Gasteiger partial charge in [0.1, 0.15) is 0 Å². The second-order valence-electron chi connectivity index (χ2n) is 2.13. The van der Waals surface area contributed by atoms with Gasteiger partial charge in [-0.1, -0.05) is 0 Å². The van der Waals surface area contributed by atoms with Crippen LogP contribution in [0.25, 0.3) is 0 Å². The van der Waals surface area contributed by atoms with Gasteiger partial charge in [0, 0.05) is 32.7 Å². The fraction of sp³-hybridized carbons (Fsp3) is 0.714. The quantitative estimate of drug-likeness (QED) is 0.290. The second kappa shape index (κ2) is 9.42. The SMILES string of the molecule is NCCNCCNCC=CO. The van der Waals surface area contributed by atoms with Crippen LogP contribution in [0.1, 0.15) is 0 Å². The lowest BCUT2D eigenvalue weighted by molar-refractivity contribution is 0.470. The average molecular weight is 159 g/mol. The van der Waals surface area contributed by atoms with Crippen LogP contribution in [-0.2, 0) is 0 Å². The van der Waals surface area contributed by atoms with Gasteiger partial charge in [-0.25, -0.2) is 0 Å². The molecule has 0 aromatic carbocycles. The van der Waals surface area contributed by atoms with E-state index in [4.69, 9.17) is 10.8 Å². The predicted molar refractivity (Wildman–Crippen MR) is 46.6 cm³/mol. The second-order valence-corrected chi connectivity index (χ2v) is 2.13. The molecule has 5 N–H and O–H groups in total. The Morgan fingerprint density at radius 2 is 1.91 bits per heavy atom. The van der Waals surface area contributed by atoms with Gasteiger partial charge in [0.15, 0.2) is 0 Å². The maximum Gasteiger partial charge on any atom is 0.0764 e. The van der Waals surface area contributed by atoms with Gasteiger partial charge in [0.2, 0.25) is 0 Å². The summed E-state index contributed by atoms with van der Waals surface area (Å²) in [4.78, 5) is 0. The van der Waals surface area contributed by atoms with Gasteiger partial charge in [0.05, 0.1) is 6.26 Å². The van der Waals surface area contributed by atoms with Crippen molar-refractivity contribution in [1.82, 2.24) is 10.6 Å². The zero-order valence-corrected chi connectivity index (χ0v) is 6.71. The molecule has 0 atom stereocenters. The maximum atomic E-state index is 8.25. The summed E-state index contributed by atoms with van der Waals surface area (Å²) < 4.78 is 0. The van der Waals surface area contributed by atoms with Crippen LogP contribution in [-0.4, -0.2) is 37.8 Å². The lowest BCUT2D eigenvalue weighted by Crippen LogP contribution is -2.30. The number of nitrogens with two attached hydrogens (primary N) is 1. The third-order valence-corrected chi connectivity index (χ3v) is 1.17. The van der Waals surface area contributed by atoms with Crippen molar-refractivity contribution in [2.24, 2.45) is 5.73 Å². The van der Waals surface area contributed by atoms with Crippen molar-refractivity contribution in [3.05, 3.63) is 12.3 Å². The van der Waals surface area contributed by atoms with Crippen molar-refractivity contribution in [2.75, 3.05) is 32.7 Å². The van der Waals surface area contributed by atoms with Crippen molar-refractivity contribution in [3.8, 4) is 0 Å². The van der Waals surface area contributed by atoms with Gasteiger partial charge >= 0.3 is 0 Å². The molecule has 0 saturated carbocycles. The molecule has 0 aliphatic carbocycles. The number of hydrogen-bond acceptors (Lipinski definition) is 4. The van der Waals surface area contributed by atoms with Gasteiger partial charge in [-0.2, -0.15) is 0 Å². The van der Waals surface area contributed by atoms with E-state index < -0.39 is 0 Å². The van der Waals surface area contributed by atoms with Crippen LogP contribution in [0.4, 0.5) is 0 Å². The summed E-state index contributed by atoms with van der Waals surface area (Å²) in [6, 6.07) is 0. The third-order valence-electron chi connectivity index (χ3n) is 1.17. The highest BCUT2D eigenvalue weighted by atomic mass is 16.2. The average Bonchev–Trinajstić information content (AvgIpc) is 2.03. The number of aliphatic hydroxyl groups is 1. The molecule has 0 bridgehead atoms. The van der Waals surface area contributed by atoms with E-state index >= 15 is 0 Å². The molecule has 0 unspecified atom stereocenters. The summed E-state index contributed by atoms with van der Waals surface area (Å²) in [5.41, 5.74) is 5.26. The molecule has 0 aliphatic rings. The fourth-order valence-corrected chi connectivity index (χ4v) is 0.642. The monoisotopic (exact) mass is 159 g/mol. The molecule has 0 aromatic heterocycles. The van der Waals surface area contributed by atoms with Gasteiger partial charge in [-0.05, 0) is 6.08 Å². The number of nitrogens with one attached hydrogen (secondary N) is 2. The van der Waals surface area contributed by atoms with Crippen molar-refractivity contribution in [3.63, 3.8) is 0 Å². The zero-order chi connectivity index (χ0) is 8.36. The lowest BCUT2D eigenvalue weighted by Gasteiger charge is -2.02. The topological polar surface area (TPSA) is 70.3 Å². The molecule has 4 heteroatoms. The van der Waals surface area contributed by atoms with Gasteiger partial charge in [0.25, 0.3) is 0 Å². The van der Waals surface area contributed by atoms with E-state index in [1.54, 1.807) is 6.08 Å². The Balaban J connectivity index is 2.79. The van der Waals surface area contributed by atoms with E-state index in [0.29, 0.717) is 13.1 Å². The first kappa shape index (κ1) is 10.4. The zero-order valence-electron chi connectivity index (χ0n) is 6.71. The number of aliphatic hydroxyl groups excluding tert-OH is 1. The summed E-state index contributed by atoms with van der Waals surface area (Å²) in [5.74, 6) is 0. The molecule has 0 fully saturated rings. The molecule has 0 amide bonds. The lowest BCUT2D eigenvalue weighted by atomic mass is 10.5. The standard InChI is InChI=1S/C7H17N3O/c8-2-4-10-6-5-9-3-1-7-11/h1,7,9-11H,2-6,8H2. The summed E-state index contributed by atoms with van der Waals surface area (Å²) in [5, 5.41) is 14.5. The molecular formula is C7H17N3O. The van der Waals surface area contributed by atoms with E-state index in [2.05, 4.69) is 10.6 Å². The Hall–Kier alpha value is -0.580. The molecule has 66 valence electrons. The maximum absolute atomic E-state index is 8.25. The van der Waals surface area contributed by atoms with Crippen LogP contribution in [0.2, 0.25) is 0 Å². The van der Waals surface area contributed by atoms with Crippen molar-refractivity contribution >= 4 is 0 Å². The summed E-state index contributed by atoms with van der Waals surface area (Å²) in [7, 11) is 0. The summed E-state index contributed by atoms with van der Waals surface area (Å²) >= 11 is 0. The van der Waals surface area contributed by atoms with Gasteiger partial charge < -0.3 is 21.5 Å². The molecule has 0 radical (unpaired) electrons. The number of rotatable bonds is 7. The molecule has 0 aromatic rings. The highest BCUT2D eigenvalue weighted by Gasteiger charge is 1.83. The van der Waals surface area contributed by atoms with Crippen molar-refractivity contribution < 1.29 is 5.11 Å². The van der Waals surface area contributed by atoms with Crippen LogP contribution >= 0.6 is 0 Å². The molecule has 4 nitrogen and oxygen atoms in total. The minimum Gasteiger partial charge on any atom is -0.516 e. The van der Waals surface area contributed by atoms with E-state index in [-0.39, 0.29) is 0 Å². The fourth-order valence-electron chi connectivity index (χ4n) is 0.642. The molecule has 0 saturated heterocycles. The van der Waals surface area contributed by atoms with Crippen LogP contribution in [0.3, 0.4) is 0 Å². The number of hydrogen-bond donors (Lipinski definition) is 4. The summed E-state index contributed by atoms with van der Waals surface area (Å²) in [6.45, 7) is 4.05. The first-order valence-corrected chi connectivity index (χ1v) is 3.82. The Bertz CT molecular complexity index is 95.7. The van der Waals surface area contributed by atoms with E-state index in [0.717, 1.165) is 25.9 Å². The van der Waals surface area contributed by atoms with E-state index in [1.165, 1.54) is 0 Å². The molecule has 0 aliphatic heterocycles. The molecule has 0 rings (SSSR count). The van der Waals surface area contributed by atoms with Gasteiger partial charge in [-0.3, -0.25) is 0 Å². The first-order valence-electron chi connectivity index (χ1n) is 3.82. The van der Waals surface area contributed by atoms with Gasteiger partial charge in [-0.15, -0.1) is 0 Å². The van der Waals surface area contributed by atoms with Crippen LogP contribution in [0.15, 0.2) is 12.3 Å². The Kier molecular flexibility index (Phi) is 8.92. The Morgan fingerprint density at radius 1 is 1.18 bits per heavy atom. The predicted octanol–water partition coefficient (Wildman–Crippen LogP) is -0.804. The highest BCUT2D eigenvalue weighted by molar-refractivity contribution is 4.74.